The van der Waals surface area contributed by atoms with Crippen molar-refractivity contribution in [3.05, 3.63) is 65.4 Å². The lowest BCUT2D eigenvalue weighted by Crippen LogP contribution is -2.18. The number of carbonyl (C=O) groups excluding carboxylic acids is 1. The van der Waals surface area contributed by atoms with E-state index in [9.17, 15) is 18.0 Å². The van der Waals surface area contributed by atoms with Gasteiger partial charge < -0.3 is 9.73 Å². The summed E-state index contributed by atoms with van der Waals surface area (Å²) in [6, 6.07) is 6.70. The lowest BCUT2D eigenvalue weighted by Gasteiger charge is -2.14. The van der Waals surface area contributed by atoms with Crippen LogP contribution in [0.2, 0.25) is 0 Å². The zero-order valence-electron chi connectivity index (χ0n) is 15.5. The van der Waals surface area contributed by atoms with Crippen LogP contribution in [0.5, 0.6) is 0 Å². The number of amides is 1. The Labute approximate surface area is 172 Å². The van der Waals surface area contributed by atoms with Crippen LogP contribution in [0.3, 0.4) is 0 Å². The molecule has 11 heteroatoms. The number of nitrogens with zero attached hydrogens (tertiary/aromatic N) is 4. The molecule has 4 rings (SSSR count). The van der Waals surface area contributed by atoms with Crippen molar-refractivity contribution in [2.75, 3.05) is 5.32 Å². The van der Waals surface area contributed by atoms with Gasteiger partial charge in [-0.15, -0.1) is 11.3 Å². The molecule has 0 saturated heterocycles. The number of rotatable bonds is 5. The minimum absolute atomic E-state index is 0.0417. The van der Waals surface area contributed by atoms with Gasteiger partial charge in [0.05, 0.1) is 33.9 Å². The van der Waals surface area contributed by atoms with Crippen LogP contribution in [0.15, 0.2) is 52.8 Å². The molecule has 1 N–H and O–H groups in total. The number of oxazole rings is 1. The van der Waals surface area contributed by atoms with Crippen LogP contribution in [-0.4, -0.2) is 25.7 Å². The Balaban J connectivity index is 1.60. The highest BCUT2D eigenvalue weighted by molar-refractivity contribution is 7.13. The molecule has 0 saturated carbocycles. The summed E-state index contributed by atoms with van der Waals surface area (Å²) < 4.78 is 46.3. The standard InChI is InChI=1S/C19H14F3N5O2S/c1-11-13(26-18(29-11)16-3-2-6-30-16)8-17(28)25-14-7-12(19(20,21)22)4-5-15(14)27-10-23-9-24-27/h2-7,9-10H,8H2,1H3,(H,25,28). The number of hydrogen-bond acceptors (Lipinski definition) is 6. The SMILES string of the molecule is Cc1oc(-c2cccs2)nc1CC(=O)Nc1cc(C(F)(F)F)ccc1-n1cncn1. The molecule has 0 aliphatic heterocycles. The van der Waals surface area contributed by atoms with Crippen molar-refractivity contribution < 1.29 is 22.4 Å². The third kappa shape index (κ3) is 4.10. The Kier molecular flexibility index (Phi) is 5.12. The number of hydrogen-bond donors (Lipinski definition) is 1. The first kappa shape index (κ1) is 19.8. The zero-order valence-corrected chi connectivity index (χ0v) is 16.3. The van der Waals surface area contributed by atoms with Gasteiger partial charge in [0.1, 0.15) is 18.4 Å². The number of anilines is 1. The molecule has 0 radical (unpaired) electrons. The van der Waals surface area contributed by atoms with Crippen LogP contribution in [-0.2, 0) is 17.4 Å². The number of benzene rings is 1. The van der Waals surface area contributed by atoms with E-state index in [1.54, 1.807) is 6.92 Å². The molecule has 0 unspecified atom stereocenters. The first-order valence-corrected chi connectivity index (χ1v) is 9.55. The Morgan fingerprint density at radius 1 is 1.30 bits per heavy atom. The summed E-state index contributed by atoms with van der Waals surface area (Å²) in [5, 5.41) is 8.32. The highest BCUT2D eigenvalue weighted by Crippen LogP contribution is 2.33. The Morgan fingerprint density at radius 2 is 2.13 bits per heavy atom. The molecule has 1 aromatic carbocycles. The molecule has 0 atom stereocenters. The van der Waals surface area contributed by atoms with Gasteiger partial charge in [-0.2, -0.15) is 18.3 Å². The summed E-state index contributed by atoms with van der Waals surface area (Å²) in [6.07, 6.45) is -2.14. The van der Waals surface area contributed by atoms with Crippen LogP contribution in [0, 0.1) is 6.92 Å². The maximum atomic E-state index is 13.1. The second-order valence-corrected chi connectivity index (χ2v) is 7.24. The molecule has 0 aliphatic rings. The number of halogens is 3. The number of thiophene rings is 1. The van der Waals surface area contributed by atoms with E-state index in [0.29, 0.717) is 17.3 Å². The van der Waals surface area contributed by atoms with Gasteiger partial charge in [-0.1, -0.05) is 6.07 Å². The lowest BCUT2D eigenvalue weighted by atomic mass is 10.1. The van der Waals surface area contributed by atoms with Gasteiger partial charge in [0.25, 0.3) is 0 Å². The first-order valence-electron chi connectivity index (χ1n) is 8.67. The van der Waals surface area contributed by atoms with Gasteiger partial charge in [0.2, 0.25) is 11.8 Å². The quantitative estimate of drug-likeness (QED) is 0.501. The minimum Gasteiger partial charge on any atom is -0.440 e. The van der Waals surface area contributed by atoms with Gasteiger partial charge in [0, 0.05) is 0 Å². The highest BCUT2D eigenvalue weighted by Gasteiger charge is 2.31. The van der Waals surface area contributed by atoms with Crippen molar-refractivity contribution in [2.45, 2.75) is 19.5 Å². The van der Waals surface area contributed by atoms with Crippen molar-refractivity contribution >= 4 is 22.9 Å². The molecular formula is C19H14F3N5O2S. The normalized spacial score (nSPS) is 11.6. The average molecular weight is 433 g/mol. The number of nitrogens with one attached hydrogen (secondary N) is 1. The maximum Gasteiger partial charge on any atom is 0.416 e. The highest BCUT2D eigenvalue weighted by atomic mass is 32.1. The topological polar surface area (TPSA) is 85.8 Å². The van der Waals surface area contributed by atoms with Gasteiger partial charge >= 0.3 is 6.18 Å². The van der Waals surface area contributed by atoms with E-state index in [1.807, 2.05) is 17.5 Å². The number of carbonyl (C=O) groups is 1. The summed E-state index contributed by atoms with van der Waals surface area (Å²) in [4.78, 5) is 21.5. The predicted octanol–water partition coefficient (Wildman–Crippen LogP) is 4.49. The number of aromatic nitrogens is 4. The Hall–Kier alpha value is -3.47. The van der Waals surface area contributed by atoms with E-state index in [2.05, 4.69) is 20.4 Å². The third-order valence-electron chi connectivity index (χ3n) is 4.22. The minimum atomic E-state index is -4.56. The molecule has 0 aliphatic carbocycles. The van der Waals surface area contributed by atoms with E-state index < -0.39 is 17.6 Å². The summed E-state index contributed by atoms with van der Waals surface area (Å²) in [5.41, 5.74) is -0.269. The Bertz CT molecular complexity index is 1170. The van der Waals surface area contributed by atoms with Crippen molar-refractivity contribution in [1.29, 1.82) is 0 Å². The molecule has 3 heterocycles. The Morgan fingerprint density at radius 3 is 2.80 bits per heavy atom. The second-order valence-electron chi connectivity index (χ2n) is 6.29. The summed E-state index contributed by atoms with van der Waals surface area (Å²) in [5.74, 6) is 0.326. The molecule has 0 fully saturated rings. The van der Waals surface area contributed by atoms with Crippen molar-refractivity contribution in [1.82, 2.24) is 19.7 Å². The summed E-state index contributed by atoms with van der Waals surface area (Å²) >= 11 is 1.44. The van der Waals surface area contributed by atoms with Crippen LogP contribution in [0.1, 0.15) is 17.0 Å². The van der Waals surface area contributed by atoms with Crippen molar-refractivity contribution in [3.63, 3.8) is 0 Å². The van der Waals surface area contributed by atoms with E-state index >= 15 is 0 Å². The van der Waals surface area contributed by atoms with E-state index in [1.165, 1.54) is 34.7 Å². The van der Waals surface area contributed by atoms with Crippen molar-refractivity contribution in [2.24, 2.45) is 0 Å². The fourth-order valence-electron chi connectivity index (χ4n) is 2.79. The van der Waals surface area contributed by atoms with Crippen LogP contribution >= 0.6 is 11.3 Å². The zero-order chi connectivity index (χ0) is 21.3. The molecular weight excluding hydrogens is 419 g/mol. The molecule has 7 nitrogen and oxygen atoms in total. The monoisotopic (exact) mass is 433 g/mol. The fourth-order valence-corrected chi connectivity index (χ4v) is 3.44. The smallest absolute Gasteiger partial charge is 0.416 e. The van der Waals surface area contributed by atoms with E-state index in [-0.39, 0.29) is 17.8 Å². The van der Waals surface area contributed by atoms with Gasteiger partial charge in [-0.25, -0.2) is 14.6 Å². The molecule has 0 spiro atoms. The largest absolute Gasteiger partial charge is 0.440 e. The number of aryl methyl sites for hydroxylation is 1. The van der Waals surface area contributed by atoms with E-state index in [4.69, 9.17) is 4.42 Å². The van der Waals surface area contributed by atoms with Gasteiger partial charge in [0.15, 0.2) is 0 Å². The van der Waals surface area contributed by atoms with Crippen LogP contribution in [0.4, 0.5) is 18.9 Å². The molecule has 154 valence electrons. The lowest BCUT2D eigenvalue weighted by molar-refractivity contribution is -0.137. The maximum absolute atomic E-state index is 13.1. The third-order valence-corrected chi connectivity index (χ3v) is 5.07. The molecule has 30 heavy (non-hydrogen) atoms. The molecule has 1 amide bonds. The summed E-state index contributed by atoms with van der Waals surface area (Å²) in [6.45, 7) is 1.68. The molecule has 3 aromatic heterocycles. The van der Waals surface area contributed by atoms with Gasteiger partial charge in [-0.05, 0) is 36.6 Å². The molecule has 4 aromatic rings. The second kappa shape index (κ2) is 7.75. The average Bonchev–Trinajstić information content (AvgIpc) is 3.43. The van der Waals surface area contributed by atoms with Crippen LogP contribution in [0.25, 0.3) is 16.5 Å². The fraction of sp³-hybridized carbons (Fsp3) is 0.158. The first-order chi connectivity index (χ1) is 14.3. The van der Waals surface area contributed by atoms with Crippen LogP contribution < -0.4 is 5.32 Å². The predicted molar refractivity (Wildman–Crippen MR) is 103 cm³/mol. The van der Waals surface area contributed by atoms with Gasteiger partial charge in [-0.3, -0.25) is 4.79 Å². The number of alkyl halides is 3. The molecule has 0 bridgehead atoms. The van der Waals surface area contributed by atoms with E-state index in [0.717, 1.165) is 17.0 Å². The van der Waals surface area contributed by atoms with Crippen molar-refractivity contribution in [3.8, 4) is 16.5 Å². The summed E-state index contributed by atoms with van der Waals surface area (Å²) in [7, 11) is 0.